The number of hydrogen-bond donors (Lipinski definition) is 0. The Bertz CT molecular complexity index is 397. The van der Waals surface area contributed by atoms with E-state index in [9.17, 15) is 4.39 Å². The number of piperidine rings is 1. The van der Waals surface area contributed by atoms with Gasteiger partial charge in [0.15, 0.2) is 11.6 Å². The van der Waals surface area contributed by atoms with Gasteiger partial charge >= 0.3 is 0 Å². The van der Waals surface area contributed by atoms with E-state index in [1.54, 1.807) is 18.2 Å². The number of rotatable bonds is 7. The normalized spacial score (nSPS) is 16.0. The standard InChI is InChI=1S/C14H20FNO4.C2H6/c1-17-20-19-12-6-8-16(9-7-12)10-11-18-14-5-3-2-4-13(14)15;1-2/h2-5,12H,6-11H2,1H3;1-2H3. The molecular formula is C16H26FNO4. The minimum atomic E-state index is -0.323. The summed E-state index contributed by atoms with van der Waals surface area (Å²) in [6.07, 6.45) is 1.82. The van der Waals surface area contributed by atoms with Gasteiger partial charge in [-0.2, -0.15) is 0 Å². The van der Waals surface area contributed by atoms with Crippen LogP contribution in [0.5, 0.6) is 5.75 Å². The van der Waals surface area contributed by atoms with Crippen LogP contribution in [0.4, 0.5) is 4.39 Å². The second-order valence-corrected chi connectivity index (χ2v) is 4.65. The van der Waals surface area contributed by atoms with Crippen molar-refractivity contribution in [3.63, 3.8) is 0 Å². The van der Waals surface area contributed by atoms with Gasteiger partial charge in [-0.1, -0.05) is 31.0 Å². The zero-order chi connectivity index (χ0) is 16.2. The average molecular weight is 315 g/mol. The minimum Gasteiger partial charge on any atom is -0.489 e. The van der Waals surface area contributed by atoms with Crippen LogP contribution < -0.4 is 4.74 Å². The molecule has 126 valence electrons. The quantitative estimate of drug-likeness (QED) is 0.571. The second kappa shape index (κ2) is 11.4. The molecule has 0 saturated carbocycles. The van der Waals surface area contributed by atoms with Gasteiger partial charge in [-0.05, 0) is 25.0 Å². The highest BCUT2D eigenvalue weighted by Crippen LogP contribution is 2.16. The summed E-state index contributed by atoms with van der Waals surface area (Å²) >= 11 is 0. The molecule has 1 aromatic rings. The highest BCUT2D eigenvalue weighted by Gasteiger charge is 2.20. The number of halogens is 1. The number of para-hydroxylation sites is 1. The minimum absolute atomic E-state index is 0.0682. The monoisotopic (exact) mass is 315 g/mol. The molecular weight excluding hydrogens is 289 g/mol. The summed E-state index contributed by atoms with van der Waals surface area (Å²) in [6.45, 7) is 7.05. The molecule has 2 rings (SSSR count). The summed E-state index contributed by atoms with van der Waals surface area (Å²) in [5.41, 5.74) is 0. The van der Waals surface area contributed by atoms with Gasteiger partial charge in [0.25, 0.3) is 0 Å². The molecule has 1 aliphatic rings. The molecule has 0 aromatic heterocycles. The Kier molecular flexibility index (Phi) is 9.74. The number of ether oxygens (including phenoxy) is 1. The lowest BCUT2D eigenvalue weighted by molar-refractivity contribution is -0.518. The van der Waals surface area contributed by atoms with E-state index >= 15 is 0 Å². The van der Waals surface area contributed by atoms with Crippen LogP contribution in [0.15, 0.2) is 24.3 Å². The molecule has 0 spiro atoms. The molecule has 0 radical (unpaired) electrons. The van der Waals surface area contributed by atoms with E-state index < -0.39 is 0 Å². The zero-order valence-corrected chi connectivity index (χ0v) is 13.6. The first kappa shape index (κ1) is 18.8. The lowest BCUT2D eigenvalue weighted by Gasteiger charge is -2.30. The van der Waals surface area contributed by atoms with Crippen LogP contribution in [0.25, 0.3) is 0 Å². The van der Waals surface area contributed by atoms with E-state index in [2.05, 4.69) is 14.8 Å². The largest absolute Gasteiger partial charge is 0.489 e. The van der Waals surface area contributed by atoms with Gasteiger partial charge in [-0.25, -0.2) is 14.2 Å². The Balaban J connectivity index is 0.00000116. The van der Waals surface area contributed by atoms with Crippen LogP contribution in [-0.2, 0) is 14.8 Å². The molecule has 1 aliphatic heterocycles. The van der Waals surface area contributed by atoms with Crippen molar-refractivity contribution in [2.45, 2.75) is 32.8 Å². The van der Waals surface area contributed by atoms with Crippen molar-refractivity contribution in [3.8, 4) is 5.75 Å². The molecule has 0 amide bonds. The van der Waals surface area contributed by atoms with Gasteiger partial charge in [-0.3, -0.25) is 4.90 Å². The third kappa shape index (κ3) is 6.70. The van der Waals surface area contributed by atoms with E-state index in [0.717, 1.165) is 32.5 Å². The fourth-order valence-corrected chi connectivity index (χ4v) is 2.17. The molecule has 5 nitrogen and oxygen atoms in total. The van der Waals surface area contributed by atoms with E-state index in [1.807, 2.05) is 13.8 Å². The van der Waals surface area contributed by atoms with Crippen molar-refractivity contribution >= 4 is 0 Å². The topological polar surface area (TPSA) is 40.2 Å². The summed E-state index contributed by atoms with van der Waals surface area (Å²) in [6, 6.07) is 6.44. The summed E-state index contributed by atoms with van der Waals surface area (Å²) in [4.78, 5) is 11.7. The summed E-state index contributed by atoms with van der Waals surface area (Å²) < 4.78 is 18.8. The van der Waals surface area contributed by atoms with Crippen molar-refractivity contribution in [1.82, 2.24) is 4.90 Å². The molecule has 1 heterocycles. The van der Waals surface area contributed by atoms with Crippen molar-refractivity contribution in [2.75, 3.05) is 33.4 Å². The molecule has 0 N–H and O–H groups in total. The van der Waals surface area contributed by atoms with Gasteiger partial charge in [-0.15, -0.1) is 0 Å². The lowest BCUT2D eigenvalue weighted by atomic mass is 10.1. The van der Waals surface area contributed by atoms with E-state index in [1.165, 1.54) is 13.2 Å². The van der Waals surface area contributed by atoms with Gasteiger partial charge in [0, 0.05) is 19.6 Å². The molecule has 0 atom stereocenters. The Morgan fingerprint density at radius 1 is 1.18 bits per heavy atom. The van der Waals surface area contributed by atoms with Crippen LogP contribution in [-0.4, -0.2) is 44.4 Å². The third-order valence-electron chi connectivity index (χ3n) is 3.28. The SMILES string of the molecule is CC.COOOC1CCN(CCOc2ccccc2F)CC1. The van der Waals surface area contributed by atoms with E-state index in [0.29, 0.717) is 12.4 Å². The highest BCUT2D eigenvalue weighted by atomic mass is 19.1. The van der Waals surface area contributed by atoms with Gasteiger partial charge in [0.1, 0.15) is 6.61 Å². The number of hydrogen-bond acceptors (Lipinski definition) is 5. The van der Waals surface area contributed by atoms with E-state index in [-0.39, 0.29) is 11.9 Å². The number of benzene rings is 1. The van der Waals surface area contributed by atoms with Crippen molar-refractivity contribution in [2.24, 2.45) is 0 Å². The Hall–Kier alpha value is -1.21. The maximum absolute atomic E-state index is 13.3. The molecule has 0 bridgehead atoms. The molecule has 1 aromatic carbocycles. The molecule has 1 fully saturated rings. The van der Waals surface area contributed by atoms with Crippen LogP contribution in [0.1, 0.15) is 26.7 Å². The molecule has 6 heteroatoms. The summed E-state index contributed by atoms with van der Waals surface area (Å²) in [5.74, 6) is -0.0180. The smallest absolute Gasteiger partial charge is 0.165 e. The van der Waals surface area contributed by atoms with Crippen molar-refractivity contribution < 1.29 is 23.9 Å². The fraction of sp³-hybridized carbons (Fsp3) is 0.625. The van der Waals surface area contributed by atoms with Crippen LogP contribution in [0.3, 0.4) is 0 Å². The third-order valence-corrected chi connectivity index (χ3v) is 3.28. The predicted molar refractivity (Wildman–Crippen MR) is 81.9 cm³/mol. The number of likely N-dealkylation sites (tertiary alicyclic amines) is 1. The first-order valence-corrected chi connectivity index (χ1v) is 7.75. The lowest BCUT2D eigenvalue weighted by Crippen LogP contribution is -2.39. The Morgan fingerprint density at radius 3 is 2.50 bits per heavy atom. The zero-order valence-electron chi connectivity index (χ0n) is 13.6. The van der Waals surface area contributed by atoms with Crippen LogP contribution in [0, 0.1) is 5.82 Å². The van der Waals surface area contributed by atoms with E-state index in [4.69, 9.17) is 9.62 Å². The highest BCUT2D eigenvalue weighted by molar-refractivity contribution is 5.23. The summed E-state index contributed by atoms with van der Waals surface area (Å²) in [5, 5.41) is 4.48. The summed E-state index contributed by atoms with van der Waals surface area (Å²) in [7, 11) is 1.41. The number of nitrogens with zero attached hydrogens (tertiary/aromatic N) is 1. The second-order valence-electron chi connectivity index (χ2n) is 4.65. The molecule has 0 aliphatic carbocycles. The Labute approximate surface area is 131 Å². The Morgan fingerprint density at radius 2 is 1.86 bits per heavy atom. The first-order valence-electron chi connectivity index (χ1n) is 7.75. The molecule has 0 unspecified atom stereocenters. The van der Waals surface area contributed by atoms with Gasteiger partial charge in [0.2, 0.25) is 0 Å². The van der Waals surface area contributed by atoms with Crippen LogP contribution in [0.2, 0.25) is 0 Å². The van der Waals surface area contributed by atoms with Crippen molar-refractivity contribution in [3.05, 3.63) is 30.1 Å². The fourth-order valence-electron chi connectivity index (χ4n) is 2.17. The molecule has 1 saturated heterocycles. The molecule has 22 heavy (non-hydrogen) atoms. The average Bonchev–Trinajstić information content (AvgIpc) is 2.58. The van der Waals surface area contributed by atoms with Crippen molar-refractivity contribution in [1.29, 1.82) is 0 Å². The maximum Gasteiger partial charge on any atom is 0.165 e. The maximum atomic E-state index is 13.3. The predicted octanol–water partition coefficient (Wildman–Crippen LogP) is 3.20. The van der Waals surface area contributed by atoms with Gasteiger partial charge in [0.05, 0.1) is 13.2 Å². The van der Waals surface area contributed by atoms with Crippen LogP contribution >= 0.6 is 0 Å². The van der Waals surface area contributed by atoms with Gasteiger partial charge < -0.3 is 4.74 Å². The first-order chi connectivity index (χ1) is 10.8.